The van der Waals surface area contributed by atoms with E-state index in [1.807, 2.05) is 6.92 Å². The molecule has 0 aliphatic carbocycles. The molecule has 0 N–H and O–H groups in total. The number of carbonyl (C=O) groups excluding carboxylic acids is 1. The SMILES string of the molecule is CCOC(=O)C1CCCCN1Cc1ccc(I)cc1. The summed E-state index contributed by atoms with van der Waals surface area (Å²) in [5.74, 6) is -0.0623. The van der Waals surface area contributed by atoms with Crippen LogP contribution in [0.25, 0.3) is 0 Å². The fourth-order valence-corrected chi connectivity index (χ4v) is 2.87. The van der Waals surface area contributed by atoms with Gasteiger partial charge >= 0.3 is 5.97 Å². The summed E-state index contributed by atoms with van der Waals surface area (Å²) in [6.07, 6.45) is 3.20. The van der Waals surface area contributed by atoms with Gasteiger partial charge in [0.15, 0.2) is 0 Å². The predicted molar refractivity (Wildman–Crippen MR) is 83.8 cm³/mol. The first-order valence-corrected chi connectivity index (χ1v) is 7.93. The van der Waals surface area contributed by atoms with Crippen LogP contribution in [0.1, 0.15) is 31.7 Å². The molecule has 1 aliphatic rings. The first-order chi connectivity index (χ1) is 9.20. The minimum absolute atomic E-state index is 0.0621. The normalized spacial score (nSPS) is 20.2. The van der Waals surface area contributed by atoms with Crippen LogP contribution < -0.4 is 0 Å². The number of hydrogen-bond acceptors (Lipinski definition) is 3. The van der Waals surface area contributed by atoms with Gasteiger partial charge in [0.1, 0.15) is 6.04 Å². The standard InChI is InChI=1S/C15H20INO2/c1-2-19-15(18)14-5-3-4-10-17(14)11-12-6-8-13(16)9-7-12/h6-9,14H,2-5,10-11H2,1H3. The molecule has 1 aromatic carbocycles. The van der Waals surface area contributed by atoms with E-state index < -0.39 is 0 Å². The number of rotatable bonds is 4. The molecule has 0 saturated carbocycles. The van der Waals surface area contributed by atoms with Gasteiger partial charge in [0.2, 0.25) is 0 Å². The number of hydrogen-bond donors (Lipinski definition) is 0. The highest BCUT2D eigenvalue weighted by molar-refractivity contribution is 14.1. The van der Waals surface area contributed by atoms with Crippen LogP contribution in [-0.2, 0) is 16.1 Å². The van der Waals surface area contributed by atoms with Crippen molar-refractivity contribution in [2.24, 2.45) is 0 Å². The van der Waals surface area contributed by atoms with Gasteiger partial charge in [-0.3, -0.25) is 9.69 Å². The van der Waals surface area contributed by atoms with Gasteiger partial charge in [0, 0.05) is 10.1 Å². The summed E-state index contributed by atoms with van der Waals surface area (Å²) >= 11 is 2.31. The molecule has 0 radical (unpaired) electrons. The van der Waals surface area contributed by atoms with Crippen LogP contribution in [0, 0.1) is 3.57 Å². The van der Waals surface area contributed by atoms with E-state index in [9.17, 15) is 4.79 Å². The molecule has 4 heteroatoms. The average Bonchev–Trinajstić information content (AvgIpc) is 2.42. The van der Waals surface area contributed by atoms with E-state index in [-0.39, 0.29) is 12.0 Å². The summed E-state index contributed by atoms with van der Waals surface area (Å²) in [5.41, 5.74) is 1.26. The van der Waals surface area contributed by atoms with Gasteiger partial charge in [-0.2, -0.15) is 0 Å². The second-order valence-electron chi connectivity index (χ2n) is 4.86. The largest absolute Gasteiger partial charge is 0.465 e. The van der Waals surface area contributed by atoms with Crippen molar-refractivity contribution in [1.82, 2.24) is 4.90 Å². The summed E-state index contributed by atoms with van der Waals surface area (Å²) in [5, 5.41) is 0. The third kappa shape index (κ3) is 4.18. The number of esters is 1. The van der Waals surface area contributed by atoms with Crippen LogP contribution in [0.2, 0.25) is 0 Å². The summed E-state index contributed by atoms with van der Waals surface area (Å²) in [6, 6.07) is 8.43. The molecule has 3 nitrogen and oxygen atoms in total. The third-order valence-electron chi connectivity index (χ3n) is 3.47. The lowest BCUT2D eigenvalue weighted by molar-refractivity contribution is -0.151. The molecule has 1 aromatic rings. The molecule has 0 aromatic heterocycles. The van der Waals surface area contributed by atoms with Gasteiger partial charge in [0.05, 0.1) is 6.61 Å². The average molecular weight is 373 g/mol. The number of ether oxygens (including phenoxy) is 1. The van der Waals surface area contributed by atoms with Gasteiger partial charge in [-0.15, -0.1) is 0 Å². The molecule has 19 heavy (non-hydrogen) atoms. The monoisotopic (exact) mass is 373 g/mol. The maximum atomic E-state index is 12.0. The lowest BCUT2D eigenvalue weighted by Crippen LogP contribution is -2.44. The molecule has 1 atom stereocenters. The van der Waals surface area contributed by atoms with Crippen LogP contribution in [0.4, 0.5) is 0 Å². The van der Waals surface area contributed by atoms with Crippen molar-refractivity contribution in [3.63, 3.8) is 0 Å². The maximum absolute atomic E-state index is 12.0. The second kappa shape index (κ2) is 7.24. The molecular formula is C15H20INO2. The molecule has 1 saturated heterocycles. The van der Waals surface area contributed by atoms with Crippen molar-refractivity contribution in [3.8, 4) is 0 Å². The van der Waals surface area contributed by atoms with Gasteiger partial charge in [-0.25, -0.2) is 0 Å². The Bertz CT molecular complexity index is 419. The van der Waals surface area contributed by atoms with Gasteiger partial charge in [-0.05, 0) is 66.6 Å². The Balaban J connectivity index is 2.03. The van der Waals surface area contributed by atoms with E-state index in [2.05, 4.69) is 51.8 Å². The lowest BCUT2D eigenvalue weighted by Gasteiger charge is -2.33. The molecule has 1 aliphatic heterocycles. The zero-order chi connectivity index (χ0) is 13.7. The van der Waals surface area contributed by atoms with Crippen molar-refractivity contribution in [3.05, 3.63) is 33.4 Å². The first-order valence-electron chi connectivity index (χ1n) is 6.86. The minimum atomic E-state index is -0.0623. The highest BCUT2D eigenvalue weighted by Crippen LogP contribution is 2.21. The molecule has 0 amide bonds. The van der Waals surface area contributed by atoms with Gasteiger partial charge in [0.25, 0.3) is 0 Å². The Morgan fingerprint density at radius 3 is 2.79 bits per heavy atom. The van der Waals surface area contributed by atoms with Gasteiger partial charge < -0.3 is 4.74 Å². The zero-order valence-corrected chi connectivity index (χ0v) is 13.4. The van der Waals surface area contributed by atoms with E-state index >= 15 is 0 Å². The molecule has 0 spiro atoms. The van der Waals surface area contributed by atoms with E-state index in [0.29, 0.717) is 6.61 Å². The molecule has 0 bridgehead atoms. The second-order valence-corrected chi connectivity index (χ2v) is 6.11. The van der Waals surface area contributed by atoms with Crippen molar-refractivity contribution in [1.29, 1.82) is 0 Å². The highest BCUT2D eigenvalue weighted by atomic mass is 127. The fourth-order valence-electron chi connectivity index (χ4n) is 2.51. The maximum Gasteiger partial charge on any atom is 0.323 e. The van der Waals surface area contributed by atoms with Gasteiger partial charge in [-0.1, -0.05) is 18.6 Å². The Labute approximate surface area is 128 Å². The van der Waals surface area contributed by atoms with Crippen LogP contribution in [0.15, 0.2) is 24.3 Å². The highest BCUT2D eigenvalue weighted by Gasteiger charge is 2.29. The predicted octanol–water partition coefficient (Wildman–Crippen LogP) is 3.21. The summed E-state index contributed by atoms with van der Waals surface area (Å²) in [4.78, 5) is 14.2. The quantitative estimate of drug-likeness (QED) is 0.600. The topological polar surface area (TPSA) is 29.5 Å². The van der Waals surface area contributed by atoms with Crippen LogP contribution in [0.3, 0.4) is 0 Å². The lowest BCUT2D eigenvalue weighted by atomic mass is 10.0. The Morgan fingerprint density at radius 1 is 1.37 bits per heavy atom. The number of nitrogens with zero attached hydrogens (tertiary/aromatic N) is 1. The van der Waals surface area contributed by atoms with Crippen molar-refractivity contribution < 1.29 is 9.53 Å². The van der Waals surface area contributed by atoms with Crippen molar-refractivity contribution in [2.75, 3.05) is 13.2 Å². The van der Waals surface area contributed by atoms with Crippen molar-refractivity contribution in [2.45, 2.75) is 38.8 Å². The van der Waals surface area contributed by atoms with Crippen LogP contribution in [-0.4, -0.2) is 30.1 Å². The molecular weight excluding hydrogens is 353 g/mol. The molecule has 1 unspecified atom stereocenters. The van der Waals surface area contributed by atoms with Crippen molar-refractivity contribution >= 4 is 28.6 Å². The summed E-state index contributed by atoms with van der Waals surface area (Å²) < 4.78 is 6.42. The van der Waals surface area contributed by atoms with E-state index in [4.69, 9.17) is 4.74 Å². The number of carbonyl (C=O) groups is 1. The van der Waals surface area contributed by atoms with E-state index in [1.54, 1.807) is 0 Å². The summed E-state index contributed by atoms with van der Waals surface area (Å²) in [6.45, 7) is 4.15. The summed E-state index contributed by atoms with van der Waals surface area (Å²) in [7, 11) is 0. The third-order valence-corrected chi connectivity index (χ3v) is 4.19. The molecule has 1 heterocycles. The molecule has 104 valence electrons. The smallest absolute Gasteiger partial charge is 0.323 e. The molecule has 1 fully saturated rings. The van der Waals surface area contributed by atoms with Crippen LogP contribution in [0.5, 0.6) is 0 Å². The number of halogens is 1. The Hall–Kier alpha value is -0.620. The fraction of sp³-hybridized carbons (Fsp3) is 0.533. The first kappa shape index (κ1) is 14.8. The van der Waals surface area contributed by atoms with E-state index in [0.717, 1.165) is 25.9 Å². The van der Waals surface area contributed by atoms with E-state index in [1.165, 1.54) is 15.6 Å². The minimum Gasteiger partial charge on any atom is -0.465 e. The Morgan fingerprint density at radius 2 is 2.11 bits per heavy atom. The number of piperidine rings is 1. The molecule has 2 rings (SSSR count). The van der Waals surface area contributed by atoms with Crippen LogP contribution >= 0.6 is 22.6 Å². The zero-order valence-electron chi connectivity index (χ0n) is 11.3. The Kier molecular flexibility index (Phi) is 5.63. The number of likely N-dealkylation sites (tertiary alicyclic amines) is 1. The number of benzene rings is 1.